The predicted octanol–water partition coefficient (Wildman–Crippen LogP) is 5.52. The molecule has 2 aromatic rings. The lowest BCUT2D eigenvalue weighted by Crippen LogP contribution is -2.53. The molecule has 1 saturated heterocycles. The molecule has 1 aliphatic heterocycles. The van der Waals surface area contributed by atoms with E-state index in [1.807, 2.05) is 38.1 Å². The van der Waals surface area contributed by atoms with Gasteiger partial charge in [-0.1, -0.05) is 44.0 Å². The Kier molecular flexibility index (Phi) is 6.92. The van der Waals surface area contributed by atoms with Crippen LogP contribution in [0.2, 0.25) is 0 Å². The van der Waals surface area contributed by atoms with Crippen LogP contribution >= 0.6 is 11.8 Å². The summed E-state index contributed by atoms with van der Waals surface area (Å²) < 4.78 is 14.3. The Balaban J connectivity index is 0.00000240. The first-order valence-corrected chi connectivity index (χ1v) is 10.5. The minimum Gasteiger partial charge on any atom is -0.321 e. The number of rotatable bonds is 6. The fourth-order valence-electron chi connectivity index (χ4n) is 3.42. The number of nitrogens with zero attached hydrogens (tertiary/aromatic N) is 2. The number of halogens is 1. The second-order valence-corrected chi connectivity index (χ2v) is 8.60. The van der Waals surface area contributed by atoms with E-state index in [4.69, 9.17) is 0 Å². The van der Waals surface area contributed by atoms with E-state index in [1.165, 1.54) is 16.7 Å². The Bertz CT molecular complexity index is 943. The number of piperidine rings is 1. The number of hydrogen-bond donors (Lipinski definition) is 2. The maximum absolute atomic E-state index is 14.3. The van der Waals surface area contributed by atoms with Gasteiger partial charge in [-0.05, 0) is 47.9 Å². The van der Waals surface area contributed by atoms with Gasteiger partial charge in [-0.15, -0.1) is 0 Å². The Hall–Kier alpha value is -2.38. The van der Waals surface area contributed by atoms with Gasteiger partial charge < -0.3 is 10.2 Å². The van der Waals surface area contributed by atoms with Crippen LogP contribution in [0.1, 0.15) is 28.7 Å². The number of hydrogen-bond acceptors (Lipinski definition) is 4. The smallest absolute Gasteiger partial charge is 0.321 e. The van der Waals surface area contributed by atoms with E-state index >= 15 is 0 Å². The second-order valence-electron chi connectivity index (χ2n) is 7.20. The van der Waals surface area contributed by atoms with Gasteiger partial charge in [0, 0.05) is 31.9 Å². The van der Waals surface area contributed by atoms with Crippen LogP contribution < -0.4 is 10.6 Å². The first kappa shape index (κ1) is 21.3. The lowest BCUT2D eigenvalue weighted by molar-refractivity contribution is 0.123. The Labute approximate surface area is 178 Å². The SMILES string of the molecule is C=C(C)SC(=C)c1ccc2cnc(NC(=O)N3CC[C@H](NCC)[C@@H](F)C3)cc2c1.[HH].[HH]. The monoisotopic (exact) mass is 418 g/mol. The minimum atomic E-state index is -1.07. The van der Waals surface area contributed by atoms with E-state index in [9.17, 15) is 9.18 Å². The van der Waals surface area contributed by atoms with Gasteiger partial charge in [0.05, 0.1) is 6.54 Å². The van der Waals surface area contributed by atoms with Gasteiger partial charge in [-0.2, -0.15) is 0 Å². The molecule has 1 aromatic carbocycles. The summed E-state index contributed by atoms with van der Waals surface area (Å²) in [5, 5.41) is 7.85. The summed E-state index contributed by atoms with van der Waals surface area (Å²) in [6.45, 7) is 13.2. The van der Waals surface area contributed by atoms with E-state index in [2.05, 4.69) is 28.8 Å². The summed E-state index contributed by atoms with van der Waals surface area (Å²) in [4.78, 5) is 20.3. The van der Waals surface area contributed by atoms with Crippen molar-refractivity contribution in [1.82, 2.24) is 15.2 Å². The molecule has 2 N–H and O–H groups in total. The number of amides is 2. The zero-order valence-electron chi connectivity index (χ0n) is 16.9. The number of benzene rings is 1. The Morgan fingerprint density at radius 2 is 2.17 bits per heavy atom. The van der Waals surface area contributed by atoms with Crippen LogP contribution in [0.15, 0.2) is 48.5 Å². The highest BCUT2D eigenvalue weighted by Crippen LogP contribution is 2.32. The summed E-state index contributed by atoms with van der Waals surface area (Å²) in [7, 11) is 0. The lowest BCUT2D eigenvalue weighted by Gasteiger charge is -2.34. The van der Waals surface area contributed by atoms with Crippen molar-refractivity contribution >= 4 is 39.3 Å². The number of fused-ring (bicyclic) bond motifs is 1. The first-order valence-electron chi connectivity index (χ1n) is 9.73. The molecular weight excluding hydrogens is 387 g/mol. The highest BCUT2D eigenvalue weighted by Gasteiger charge is 2.31. The third-order valence-electron chi connectivity index (χ3n) is 4.87. The molecule has 1 aliphatic rings. The van der Waals surface area contributed by atoms with Crippen LogP contribution in [0.4, 0.5) is 15.0 Å². The topological polar surface area (TPSA) is 57.3 Å². The fourth-order valence-corrected chi connectivity index (χ4v) is 4.09. The molecular formula is C22H31FN4OS. The summed E-state index contributed by atoms with van der Waals surface area (Å²) >= 11 is 1.53. The van der Waals surface area contributed by atoms with Crippen LogP contribution in [-0.4, -0.2) is 47.8 Å². The van der Waals surface area contributed by atoms with Crippen LogP contribution in [-0.2, 0) is 0 Å². The number of likely N-dealkylation sites (tertiary alicyclic amines) is 1. The molecule has 2 atom stereocenters. The summed E-state index contributed by atoms with van der Waals surface area (Å²) in [6.07, 6.45) is 1.25. The number of anilines is 1. The van der Waals surface area contributed by atoms with Gasteiger partial charge in [0.15, 0.2) is 0 Å². The largest absolute Gasteiger partial charge is 0.323 e. The highest BCUT2D eigenvalue weighted by atomic mass is 32.2. The third-order valence-corrected chi connectivity index (χ3v) is 5.70. The van der Waals surface area contributed by atoms with E-state index in [-0.39, 0.29) is 21.5 Å². The van der Waals surface area contributed by atoms with Crippen molar-refractivity contribution in [2.45, 2.75) is 32.5 Å². The number of thioether (sulfide) groups is 1. The lowest BCUT2D eigenvalue weighted by atomic mass is 10.0. The van der Waals surface area contributed by atoms with E-state index in [1.54, 1.807) is 6.20 Å². The van der Waals surface area contributed by atoms with Crippen molar-refractivity contribution < 1.29 is 12.0 Å². The number of alkyl halides is 1. The quantitative estimate of drug-likeness (QED) is 0.649. The number of carbonyl (C=O) groups is 1. The molecule has 0 unspecified atom stereocenters. The summed E-state index contributed by atoms with van der Waals surface area (Å²) in [5.41, 5.74) is 1.000. The highest BCUT2D eigenvalue weighted by molar-refractivity contribution is 8.11. The molecule has 0 spiro atoms. The van der Waals surface area contributed by atoms with Gasteiger partial charge in [-0.25, -0.2) is 14.2 Å². The second kappa shape index (κ2) is 9.41. The maximum Gasteiger partial charge on any atom is 0.323 e. The van der Waals surface area contributed by atoms with Gasteiger partial charge in [0.2, 0.25) is 0 Å². The number of nitrogens with one attached hydrogen (secondary N) is 2. The van der Waals surface area contributed by atoms with Crippen molar-refractivity contribution in [3.05, 3.63) is 54.1 Å². The van der Waals surface area contributed by atoms with E-state index in [0.29, 0.717) is 18.8 Å². The summed E-state index contributed by atoms with van der Waals surface area (Å²) in [6, 6.07) is 7.31. The maximum atomic E-state index is 14.3. The summed E-state index contributed by atoms with van der Waals surface area (Å²) in [5.74, 6) is 0.446. The molecule has 0 bridgehead atoms. The molecule has 0 aliphatic carbocycles. The molecule has 0 saturated carbocycles. The van der Waals surface area contributed by atoms with Crippen molar-refractivity contribution in [2.24, 2.45) is 0 Å². The van der Waals surface area contributed by atoms with Crippen LogP contribution in [0.5, 0.6) is 0 Å². The molecule has 29 heavy (non-hydrogen) atoms. The number of carbonyl (C=O) groups excluding carboxylic acids is 1. The third kappa shape index (κ3) is 5.36. The average Bonchev–Trinajstić information content (AvgIpc) is 2.68. The van der Waals surface area contributed by atoms with Crippen LogP contribution in [0.3, 0.4) is 0 Å². The normalized spacial score (nSPS) is 19.2. The molecule has 2 heterocycles. The van der Waals surface area contributed by atoms with Gasteiger partial charge in [0.25, 0.3) is 0 Å². The van der Waals surface area contributed by atoms with Crippen molar-refractivity contribution in [3.8, 4) is 0 Å². The van der Waals surface area contributed by atoms with Crippen molar-refractivity contribution in [3.63, 3.8) is 0 Å². The number of allylic oxidation sites excluding steroid dienone is 1. The molecule has 5 nitrogen and oxygen atoms in total. The zero-order valence-corrected chi connectivity index (χ0v) is 17.7. The molecule has 158 valence electrons. The van der Waals surface area contributed by atoms with E-state index in [0.717, 1.165) is 32.7 Å². The Morgan fingerprint density at radius 1 is 1.38 bits per heavy atom. The van der Waals surface area contributed by atoms with Crippen molar-refractivity contribution in [2.75, 3.05) is 25.0 Å². The number of urea groups is 1. The molecule has 1 aromatic heterocycles. The average molecular weight is 419 g/mol. The molecule has 7 heteroatoms. The molecule has 1 fully saturated rings. The van der Waals surface area contributed by atoms with Gasteiger partial charge in [0.1, 0.15) is 12.0 Å². The van der Waals surface area contributed by atoms with Gasteiger partial charge >= 0.3 is 6.03 Å². The molecule has 0 radical (unpaired) electrons. The Morgan fingerprint density at radius 3 is 2.86 bits per heavy atom. The molecule has 2 amide bonds. The standard InChI is InChI=1S/C22H27FN4OS.2H2/c1-5-24-20-8-9-27(13-19(20)23)22(28)26-21-11-18-10-16(15(4)29-14(2)3)6-7-17(18)12-25-21;;/h6-7,10-12,19-20,24H,2,4-5,8-9,13H2,1,3H3,(H,25,26,28);2*1H/t19-,20-;;/m0../s1. The van der Waals surface area contributed by atoms with Crippen LogP contribution in [0, 0.1) is 0 Å². The zero-order chi connectivity index (χ0) is 21.0. The fraction of sp³-hybridized carbons (Fsp3) is 0.364. The van der Waals surface area contributed by atoms with Crippen LogP contribution in [0.25, 0.3) is 15.7 Å². The minimum absolute atomic E-state index is 0. The number of pyridine rings is 1. The van der Waals surface area contributed by atoms with Gasteiger partial charge in [-0.3, -0.25) is 5.32 Å². The van der Waals surface area contributed by atoms with Crippen molar-refractivity contribution in [1.29, 1.82) is 0 Å². The van der Waals surface area contributed by atoms with E-state index < -0.39 is 6.17 Å². The molecule has 3 rings (SSSR count). The predicted molar refractivity (Wildman–Crippen MR) is 125 cm³/mol. The number of aromatic nitrogens is 1. The first-order chi connectivity index (χ1) is 13.9.